The Hall–Kier alpha value is -2.76. The fourth-order valence-electron chi connectivity index (χ4n) is 1.97. The molecule has 0 amide bonds. The smallest absolute Gasteiger partial charge is 0.335 e. The lowest BCUT2D eigenvalue weighted by Crippen LogP contribution is -2.00. The highest BCUT2D eigenvalue weighted by atomic mass is 32.2. The summed E-state index contributed by atoms with van der Waals surface area (Å²) in [6, 6.07) is 13.7. The Morgan fingerprint density at radius 2 is 1.91 bits per heavy atom. The third kappa shape index (κ3) is 5.18. The van der Waals surface area contributed by atoms with E-state index in [1.165, 1.54) is 12.1 Å². The van der Waals surface area contributed by atoms with E-state index in [0.29, 0.717) is 12.0 Å². The molecule has 0 radical (unpaired) electrons. The number of aryl methyl sites for hydroxylation is 1. The quantitative estimate of drug-likeness (QED) is 0.363. The van der Waals surface area contributed by atoms with Crippen LogP contribution in [0.5, 0.6) is 0 Å². The standard InChI is InChI=1S/C16H13N3O3S/c17-19-18-13-9-11(8-12(10-13)16(21)22)6-7-15(20)23-14-4-2-1-3-5-14/h1-5,8-10H,6-7H2,(H,21,22). The van der Waals surface area contributed by atoms with Crippen LogP contribution in [0.3, 0.4) is 0 Å². The first-order valence-electron chi connectivity index (χ1n) is 6.76. The Bertz CT molecular complexity index is 751. The molecule has 7 heteroatoms. The van der Waals surface area contributed by atoms with Crippen LogP contribution < -0.4 is 0 Å². The van der Waals surface area contributed by atoms with E-state index < -0.39 is 5.97 Å². The van der Waals surface area contributed by atoms with Crippen LogP contribution in [0, 0.1) is 0 Å². The molecule has 2 aromatic rings. The van der Waals surface area contributed by atoms with E-state index in [1.807, 2.05) is 30.3 Å². The van der Waals surface area contributed by atoms with Gasteiger partial charge in [0.15, 0.2) is 5.12 Å². The number of rotatable bonds is 6. The van der Waals surface area contributed by atoms with Crippen molar-refractivity contribution in [1.82, 2.24) is 0 Å². The second-order valence-corrected chi connectivity index (χ2v) is 5.80. The molecule has 0 aromatic heterocycles. The van der Waals surface area contributed by atoms with Crippen molar-refractivity contribution in [3.05, 3.63) is 70.1 Å². The van der Waals surface area contributed by atoms with E-state index in [-0.39, 0.29) is 22.8 Å². The van der Waals surface area contributed by atoms with Gasteiger partial charge in [-0.1, -0.05) is 35.1 Å². The summed E-state index contributed by atoms with van der Waals surface area (Å²) < 4.78 is 0. The highest BCUT2D eigenvalue weighted by Gasteiger charge is 2.09. The first-order valence-corrected chi connectivity index (χ1v) is 7.58. The van der Waals surface area contributed by atoms with Gasteiger partial charge in [0.1, 0.15) is 0 Å². The minimum absolute atomic E-state index is 0.0118. The lowest BCUT2D eigenvalue weighted by Gasteiger charge is -2.05. The van der Waals surface area contributed by atoms with Crippen LogP contribution in [-0.4, -0.2) is 16.2 Å². The molecule has 0 fully saturated rings. The maximum absolute atomic E-state index is 12.0. The zero-order chi connectivity index (χ0) is 16.7. The number of azide groups is 1. The predicted molar refractivity (Wildman–Crippen MR) is 87.8 cm³/mol. The maximum atomic E-state index is 12.0. The van der Waals surface area contributed by atoms with Crippen LogP contribution in [-0.2, 0) is 11.2 Å². The topological polar surface area (TPSA) is 103 Å². The van der Waals surface area contributed by atoms with E-state index in [1.54, 1.807) is 6.07 Å². The van der Waals surface area contributed by atoms with E-state index in [9.17, 15) is 9.59 Å². The molecule has 0 unspecified atom stereocenters. The van der Waals surface area contributed by atoms with Gasteiger partial charge < -0.3 is 5.11 Å². The van der Waals surface area contributed by atoms with Crippen LogP contribution in [0.1, 0.15) is 22.3 Å². The van der Waals surface area contributed by atoms with E-state index in [2.05, 4.69) is 10.0 Å². The largest absolute Gasteiger partial charge is 0.478 e. The summed E-state index contributed by atoms with van der Waals surface area (Å²) in [6.07, 6.45) is 0.645. The molecule has 0 heterocycles. The summed E-state index contributed by atoms with van der Waals surface area (Å²) in [7, 11) is 0. The second kappa shape index (κ2) is 8.03. The van der Waals surface area contributed by atoms with Crippen molar-refractivity contribution in [2.45, 2.75) is 17.7 Å². The molecule has 0 aliphatic heterocycles. The van der Waals surface area contributed by atoms with E-state index >= 15 is 0 Å². The number of carboxylic acid groups (broad SMARTS) is 1. The SMILES string of the molecule is [N-]=[N+]=Nc1cc(CCC(=O)Sc2ccccc2)cc(C(=O)O)c1. The summed E-state index contributed by atoms with van der Waals surface area (Å²) >= 11 is 1.15. The fraction of sp³-hybridized carbons (Fsp3) is 0.125. The molecule has 6 nitrogen and oxygen atoms in total. The Labute approximate surface area is 136 Å². The number of hydrogen-bond donors (Lipinski definition) is 1. The molecule has 1 N–H and O–H groups in total. The van der Waals surface area contributed by atoms with Crippen molar-refractivity contribution in [3.63, 3.8) is 0 Å². The van der Waals surface area contributed by atoms with Crippen LogP contribution in [0.15, 0.2) is 58.5 Å². The summed E-state index contributed by atoms with van der Waals surface area (Å²) in [5.74, 6) is -1.11. The Balaban J connectivity index is 2.06. The van der Waals surface area contributed by atoms with Crippen molar-refractivity contribution >= 4 is 28.5 Å². The molecule has 0 aliphatic carbocycles. The number of thioether (sulfide) groups is 1. The van der Waals surface area contributed by atoms with Crippen molar-refractivity contribution < 1.29 is 14.7 Å². The number of carbonyl (C=O) groups is 2. The second-order valence-electron chi connectivity index (χ2n) is 4.67. The number of nitrogens with zero attached hydrogens (tertiary/aromatic N) is 3. The molecule has 116 valence electrons. The van der Waals surface area contributed by atoms with Gasteiger partial charge in [0, 0.05) is 21.9 Å². The number of carbonyl (C=O) groups excluding carboxylic acids is 1. The third-order valence-corrected chi connectivity index (χ3v) is 3.92. The molecule has 0 saturated carbocycles. The molecule has 0 atom stereocenters. The minimum atomic E-state index is -1.11. The highest BCUT2D eigenvalue weighted by molar-refractivity contribution is 8.13. The van der Waals surface area contributed by atoms with Gasteiger partial charge in [-0.15, -0.1) is 0 Å². The molecule has 0 bridgehead atoms. The average molecular weight is 327 g/mol. The van der Waals surface area contributed by atoms with Gasteiger partial charge in [0.2, 0.25) is 0 Å². The van der Waals surface area contributed by atoms with Gasteiger partial charge in [-0.25, -0.2) is 4.79 Å². The van der Waals surface area contributed by atoms with Crippen LogP contribution >= 0.6 is 11.8 Å². The molecule has 0 saturated heterocycles. The van der Waals surface area contributed by atoms with Gasteiger partial charge >= 0.3 is 5.97 Å². The number of aromatic carboxylic acids is 1. The van der Waals surface area contributed by atoms with E-state index in [0.717, 1.165) is 16.7 Å². The first-order chi connectivity index (χ1) is 11.1. The minimum Gasteiger partial charge on any atom is -0.478 e. The van der Waals surface area contributed by atoms with Gasteiger partial charge in [0.05, 0.1) is 5.56 Å². The van der Waals surface area contributed by atoms with Crippen LogP contribution in [0.2, 0.25) is 0 Å². The summed E-state index contributed by atoms with van der Waals surface area (Å²) in [4.78, 5) is 26.6. The predicted octanol–water partition coefficient (Wildman–Crippen LogP) is 4.58. The zero-order valence-corrected chi connectivity index (χ0v) is 12.9. The molecule has 2 rings (SSSR count). The molecular weight excluding hydrogens is 314 g/mol. The van der Waals surface area contributed by atoms with Crippen molar-refractivity contribution in [1.29, 1.82) is 0 Å². The molecule has 2 aromatic carbocycles. The number of hydrogen-bond acceptors (Lipinski definition) is 4. The average Bonchev–Trinajstić information content (AvgIpc) is 2.54. The number of benzene rings is 2. The fourth-order valence-corrected chi connectivity index (χ4v) is 2.73. The molecular formula is C16H13N3O3S. The van der Waals surface area contributed by atoms with Gasteiger partial charge in [0.25, 0.3) is 0 Å². The van der Waals surface area contributed by atoms with Crippen molar-refractivity contribution in [3.8, 4) is 0 Å². The normalized spacial score (nSPS) is 9.91. The Morgan fingerprint density at radius 3 is 2.57 bits per heavy atom. The van der Waals surface area contributed by atoms with Crippen LogP contribution in [0.25, 0.3) is 10.4 Å². The summed E-state index contributed by atoms with van der Waals surface area (Å²) in [5, 5.41) is 12.5. The van der Waals surface area contributed by atoms with E-state index in [4.69, 9.17) is 10.6 Å². The van der Waals surface area contributed by atoms with Crippen molar-refractivity contribution in [2.75, 3.05) is 0 Å². The lowest BCUT2D eigenvalue weighted by atomic mass is 10.1. The summed E-state index contributed by atoms with van der Waals surface area (Å²) in [5.41, 5.74) is 9.39. The van der Waals surface area contributed by atoms with Crippen molar-refractivity contribution in [2.24, 2.45) is 5.11 Å². The lowest BCUT2D eigenvalue weighted by molar-refractivity contribution is -0.110. The molecule has 23 heavy (non-hydrogen) atoms. The highest BCUT2D eigenvalue weighted by Crippen LogP contribution is 2.23. The Kier molecular flexibility index (Phi) is 5.80. The van der Waals surface area contributed by atoms with Gasteiger partial charge in [-0.3, -0.25) is 4.79 Å². The Morgan fingerprint density at radius 1 is 1.17 bits per heavy atom. The number of carboxylic acids is 1. The molecule has 0 aliphatic rings. The van der Waals surface area contributed by atoms with Gasteiger partial charge in [-0.05, 0) is 47.8 Å². The monoisotopic (exact) mass is 327 g/mol. The molecule has 0 spiro atoms. The first kappa shape index (κ1) is 16.6. The van der Waals surface area contributed by atoms with Gasteiger partial charge in [-0.2, -0.15) is 0 Å². The van der Waals surface area contributed by atoms with Crippen LogP contribution in [0.4, 0.5) is 5.69 Å². The summed E-state index contributed by atoms with van der Waals surface area (Å²) in [6.45, 7) is 0. The maximum Gasteiger partial charge on any atom is 0.335 e. The third-order valence-electron chi connectivity index (χ3n) is 2.98. The zero-order valence-electron chi connectivity index (χ0n) is 12.0.